The Hall–Kier alpha value is -3.21. The average molecular weight is 416 g/mol. The third-order valence-electron chi connectivity index (χ3n) is 3.61. The van der Waals surface area contributed by atoms with E-state index in [0.717, 1.165) is 7.11 Å². The van der Waals surface area contributed by atoms with Gasteiger partial charge >= 0.3 is 5.97 Å². The van der Waals surface area contributed by atoms with Gasteiger partial charge in [-0.15, -0.1) is 0 Å². The van der Waals surface area contributed by atoms with Crippen molar-refractivity contribution < 1.29 is 37.0 Å². The van der Waals surface area contributed by atoms with Crippen LogP contribution in [0, 0.1) is 30.2 Å². The second-order valence-corrected chi connectivity index (χ2v) is 5.82. The molecule has 0 spiro atoms. The number of halogens is 4. The van der Waals surface area contributed by atoms with E-state index in [9.17, 15) is 27.2 Å². The number of rotatable bonds is 4. The van der Waals surface area contributed by atoms with Crippen LogP contribution in [-0.4, -0.2) is 29.2 Å². The Morgan fingerprint density at radius 3 is 2.14 bits per heavy atom. The molecule has 0 radical (unpaired) electrons. The highest BCUT2D eigenvalue weighted by Crippen LogP contribution is 2.29. The van der Waals surface area contributed by atoms with Gasteiger partial charge in [-0.05, 0) is 36.8 Å². The Morgan fingerprint density at radius 1 is 1.07 bits per heavy atom. The van der Waals surface area contributed by atoms with E-state index in [1.807, 2.05) is 5.32 Å². The Bertz CT molecular complexity index is 969. The van der Waals surface area contributed by atoms with Gasteiger partial charge in [0.1, 0.15) is 5.56 Å². The number of methoxy groups -OCH3 is 1. The molecule has 2 aromatic rings. The summed E-state index contributed by atoms with van der Waals surface area (Å²) in [6, 6.07) is 4.01. The van der Waals surface area contributed by atoms with E-state index in [-0.39, 0.29) is 11.3 Å². The minimum absolute atomic E-state index is 0.0846. The lowest BCUT2D eigenvalue weighted by Gasteiger charge is -2.14. The minimum atomic E-state index is -1.96. The number of anilines is 1. The Labute approximate surface area is 161 Å². The summed E-state index contributed by atoms with van der Waals surface area (Å²) < 4.78 is 59.6. The molecule has 148 valence electrons. The summed E-state index contributed by atoms with van der Waals surface area (Å²) in [7, 11) is 0.798. The molecule has 2 aromatic carbocycles. The zero-order valence-corrected chi connectivity index (χ0v) is 15.1. The summed E-state index contributed by atoms with van der Waals surface area (Å²) in [5, 5.41) is 12.9. The van der Waals surface area contributed by atoms with E-state index in [1.54, 1.807) is 6.92 Å². The molecule has 3 N–H and O–H groups in total. The van der Waals surface area contributed by atoms with Crippen molar-refractivity contribution in [3.8, 4) is 5.75 Å². The predicted molar refractivity (Wildman–Crippen MR) is 94.7 cm³/mol. The summed E-state index contributed by atoms with van der Waals surface area (Å²) in [6.07, 6.45) is 0. The summed E-state index contributed by atoms with van der Waals surface area (Å²) >= 11 is 4.83. The number of amides is 1. The monoisotopic (exact) mass is 416 g/mol. The van der Waals surface area contributed by atoms with Crippen molar-refractivity contribution in [1.29, 1.82) is 0 Å². The number of carboxylic acid groups (broad SMARTS) is 1. The van der Waals surface area contributed by atoms with Gasteiger partial charge in [0.2, 0.25) is 11.6 Å². The average Bonchev–Trinajstić information content (AvgIpc) is 2.62. The topological polar surface area (TPSA) is 87.7 Å². The summed E-state index contributed by atoms with van der Waals surface area (Å²) in [5.74, 6) is -11.8. The maximum atomic E-state index is 14.0. The molecule has 0 bridgehead atoms. The molecule has 0 unspecified atom stereocenters. The van der Waals surface area contributed by atoms with E-state index < -0.39 is 51.6 Å². The number of carbonyl (C=O) groups is 2. The van der Waals surface area contributed by atoms with Crippen molar-refractivity contribution in [1.82, 2.24) is 5.32 Å². The molecule has 0 aliphatic carbocycles. The van der Waals surface area contributed by atoms with E-state index in [2.05, 4.69) is 10.1 Å². The molecule has 0 fully saturated rings. The highest BCUT2D eigenvalue weighted by atomic mass is 32.1. The molecule has 2 rings (SSSR count). The number of aryl methyl sites for hydroxylation is 1. The second kappa shape index (κ2) is 8.21. The molecule has 6 nitrogen and oxygen atoms in total. The van der Waals surface area contributed by atoms with Crippen molar-refractivity contribution in [2.75, 3.05) is 12.4 Å². The van der Waals surface area contributed by atoms with E-state index in [0.29, 0.717) is 5.56 Å². The molecule has 11 heteroatoms. The van der Waals surface area contributed by atoms with Gasteiger partial charge in [-0.25, -0.2) is 13.6 Å². The van der Waals surface area contributed by atoms with E-state index >= 15 is 0 Å². The first-order chi connectivity index (χ1) is 13.1. The normalized spacial score (nSPS) is 10.4. The van der Waals surface area contributed by atoms with Gasteiger partial charge in [-0.1, -0.05) is 6.07 Å². The predicted octanol–water partition coefficient (Wildman–Crippen LogP) is 3.39. The van der Waals surface area contributed by atoms with Crippen molar-refractivity contribution in [2.24, 2.45) is 0 Å². The van der Waals surface area contributed by atoms with Crippen LogP contribution in [0.1, 0.15) is 26.3 Å². The fourth-order valence-corrected chi connectivity index (χ4v) is 2.40. The first-order valence-electron chi connectivity index (χ1n) is 7.44. The highest BCUT2D eigenvalue weighted by molar-refractivity contribution is 7.80. The third kappa shape index (κ3) is 4.03. The lowest BCUT2D eigenvalue weighted by Crippen LogP contribution is -2.35. The summed E-state index contributed by atoms with van der Waals surface area (Å²) in [6.45, 7) is 1.60. The number of hydrogen-bond acceptors (Lipinski definition) is 4. The van der Waals surface area contributed by atoms with Gasteiger partial charge in [0, 0.05) is 5.69 Å². The Morgan fingerprint density at radius 2 is 1.64 bits per heavy atom. The number of thiocarbonyl (C=S) groups is 1. The third-order valence-corrected chi connectivity index (χ3v) is 3.82. The van der Waals surface area contributed by atoms with Crippen molar-refractivity contribution in [3.05, 3.63) is 58.2 Å². The number of aromatic carboxylic acids is 1. The molecule has 0 saturated carbocycles. The van der Waals surface area contributed by atoms with Crippen LogP contribution in [0.15, 0.2) is 18.2 Å². The van der Waals surface area contributed by atoms with Crippen LogP contribution < -0.4 is 15.4 Å². The SMILES string of the molecule is COc1c(F)c(F)c(C(=O)NC(=S)Nc2cc(C(=O)O)ccc2C)c(F)c1F. The maximum Gasteiger partial charge on any atom is 0.335 e. The van der Waals surface area contributed by atoms with Gasteiger partial charge in [0.25, 0.3) is 5.91 Å². The quantitative estimate of drug-likeness (QED) is 0.402. The Kier molecular flexibility index (Phi) is 6.19. The zero-order chi connectivity index (χ0) is 21.2. The van der Waals surface area contributed by atoms with Crippen molar-refractivity contribution in [2.45, 2.75) is 6.92 Å². The second-order valence-electron chi connectivity index (χ2n) is 5.41. The van der Waals surface area contributed by atoms with Crippen LogP contribution in [0.5, 0.6) is 5.75 Å². The smallest absolute Gasteiger partial charge is 0.335 e. The van der Waals surface area contributed by atoms with E-state index in [4.69, 9.17) is 17.3 Å². The molecule has 0 aliphatic heterocycles. The van der Waals surface area contributed by atoms with Gasteiger partial charge in [0.15, 0.2) is 22.5 Å². The highest BCUT2D eigenvalue weighted by Gasteiger charge is 2.30. The molecule has 0 heterocycles. The fourth-order valence-electron chi connectivity index (χ4n) is 2.20. The number of carbonyl (C=O) groups excluding carboxylic acids is 1. The molecule has 0 saturated heterocycles. The molecular formula is C17H12F4N2O4S. The number of hydrogen-bond donors (Lipinski definition) is 3. The standard InChI is InChI=1S/C17H12F4N2O4S/c1-6-3-4-7(16(25)26)5-8(6)22-17(28)23-15(24)9-10(18)12(20)14(27-2)13(21)11(9)19/h3-5H,1-2H3,(H,25,26)(H2,22,23,24,28). The van der Waals surface area contributed by atoms with Crippen LogP contribution in [0.2, 0.25) is 0 Å². The largest absolute Gasteiger partial charge is 0.491 e. The van der Waals surface area contributed by atoms with Crippen LogP contribution in [-0.2, 0) is 0 Å². The molecule has 1 amide bonds. The van der Waals surface area contributed by atoms with Crippen molar-refractivity contribution in [3.63, 3.8) is 0 Å². The maximum absolute atomic E-state index is 14.0. The van der Waals surface area contributed by atoms with Crippen LogP contribution in [0.4, 0.5) is 23.2 Å². The molecule has 0 atom stereocenters. The summed E-state index contributed by atoms with van der Waals surface area (Å²) in [5.41, 5.74) is -0.881. The van der Waals surface area contributed by atoms with Crippen LogP contribution >= 0.6 is 12.2 Å². The van der Waals surface area contributed by atoms with Gasteiger partial charge in [-0.2, -0.15) is 8.78 Å². The first-order valence-corrected chi connectivity index (χ1v) is 7.85. The number of ether oxygens (including phenoxy) is 1. The zero-order valence-electron chi connectivity index (χ0n) is 14.3. The minimum Gasteiger partial charge on any atom is -0.491 e. The molecule has 0 aliphatic rings. The molecule has 28 heavy (non-hydrogen) atoms. The van der Waals surface area contributed by atoms with Gasteiger partial charge < -0.3 is 15.2 Å². The molecular weight excluding hydrogens is 404 g/mol. The van der Waals surface area contributed by atoms with Crippen LogP contribution in [0.25, 0.3) is 0 Å². The Balaban J connectivity index is 2.28. The lowest BCUT2D eigenvalue weighted by molar-refractivity contribution is 0.0696. The number of carboxylic acids is 1. The number of nitrogens with one attached hydrogen (secondary N) is 2. The first kappa shape index (κ1) is 21.1. The van der Waals surface area contributed by atoms with E-state index in [1.165, 1.54) is 18.2 Å². The van der Waals surface area contributed by atoms with Crippen LogP contribution in [0.3, 0.4) is 0 Å². The fraction of sp³-hybridized carbons (Fsp3) is 0.118. The van der Waals surface area contributed by atoms with Gasteiger partial charge in [0.05, 0.1) is 12.7 Å². The van der Waals surface area contributed by atoms with Crippen molar-refractivity contribution >= 4 is 34.9 Å². The van der Waals surface area contributed by atoms with Gasteiger partial charge in [-0.3, -0.25) is 10.1 Å². The molecule has 0 aromatic heterocycles. The summed E-state index contributed by atoms with van der Waals surface area (Å²) in [4.78, 5) is 23.1. The lowest BCUT2D eigenvalue weighted by atomic mass is 10.1. The number of benzene rings is 2.